The van der Waals surface area contributed by atoms with Crippen molar-refractivity contribution >= 4 is 28.5 Å². The van der Waals surface area contributed by atoms with Crippen LogP contribution in [-0.4, -0.2) is 17.6 Å². The van der Waals surface area contributed by atoms with Crippen molar-refractivity contribution in [2.75, 3.05) is 6.61 Å². The lowest BCUT2D eigenvalue weighted by atomic mass is 10.1. The summed E-state index contributed by atoms with van der Waals surface area (Å²) in [5.41, 5.74) is -0.792. The van der Waals surface area contributed by atoms with Crippen molar-refractivity contribution in [1.82, 2.24) is 4.98 Å². The molecule has 0 saturated carbocycles. The molecule has 0 bridgehead atoms. The fourth-order valence-electron chi connectivity index (χ4n) is 1.67. The van der Waals surface area contributed by atoms with E-state index in [-0.39, 0.29) is 28.1 Å². The molecule has 3 nitrogen and oxygen atoms in total. The standard InChI is InChI=1S/C13H9ClF3NO2/c1-2-20-12(19)7-3-4-10-8(5-7)9(14)6-11(18-10)13(15,16)17/h3-6H,2H2,1H3. The molecule has 0 spiro atoms. The maximum atomic E-state index is 12.6. The highest BCUT2D eigenvalue weighted by molar-refractivity contribution is 6.35. The van der Waals surface area contributed by atoms with E-state index < -0.39 is 17.8 Å². The van der Waals surface area contributed by atoms with E-state index in [1.165, 1.54) is 18.2 Å². The highest BCUT2D eigenvalue weighted by atomic mass is 35.5. The number of alkyl halides is 3. The number of halogens is 4. The van der Waals surface area contributed by atoms with E-state index >= 15 is 0 Å². The van der Waals surface area contributed by atoms with Crippen molar-refractivity contribution in [1.29, 1.82) is 0 Å². The fraction of sp³-hybridized carbons (Fsp3) is 0.231. The number of rotatable bonds is 2. The molecular weight excluding hydrogens is 295 g/mol. The van der Waals surface area contributed by atoms with Crippen LogP contribution < -0.4 is 0 Å². The second-order valence-electron chi connectivity index (χ2n) is 3.94. The second kappa shape index (κ2) is 5.28. The maximum absolute atomic E-state index is 12.6. The number of fused-ring (bicyclic) bond motifs is 1. The van der Waals surface area contributed by atoms with Crippen LogP contribution >= 0.6 is 11.6 Å². The molecule has 106 valence electrons. The molecule has 2 rings (SSSR count). The van der Waals surface area contributed by atoms with Gasteiger partial charge in [-0.25, -0.2) is 9.78 Å². The van der Waals surface area contributed by atoms with Gasteiger partial charge < -0.3 is 4.74 Å². The molecule has 20 heavy (non-hydrogen) atoms. The van der Waals surface area contributed by atoms with Gasteiger partial charge in [-0.15, -0.1) is 0 Å². The zero-order valence-corrected chi connectivity index (χ0v) is 11.0. The summed E-state index contributed by atoms with van der Waals surface area (Å²) in [6, 6.07) is 4.76. The number of nitrogens with zero attached hydrogens (tertiary/aromatic N) is 1. The third kappa shape index (κ3) is 2.85. The van der Waals surface area contributed by atoms with Gasteiger partial charge in [-0.1, -0.05) is 11.6 Å². The molecule has 0 radical (unpaired) electrons. The molecule has 0 aliphatic rings. The Morgan fingerprint density at radius 3 is 2.65 bits per heavy atom. The van der Waals surface area contributed by atoms with Crippen molar-refractivity contribution < 1.29 is 22.7 Å². The number of hydrogen-bond donors (Lipinski definition) is 0. The first-order chi connectivity index (χ1) is 9.32. The fourth-order valence-corrected chi connectivity index (χ4v) is 1.93. The van der Waals surface area contributed by atoms with Crippen LogP contribution in [-0.2, 0) is 10.9 Å². The highest BCUT2D eigenvalue weighted by Crippen LogP contribution is 2.33. The molecule has 1 aromatic carbocycles. The van der Waals surface area contributed by atoms with Gasteiger partial charge in [0, 0.05) is 5.39 Å². The normalized spacial score (nSPS) is 11.7. The summed E-state index contributed by atoms with van der Waals surface area (Å²) in [6.45, 7) is 1.86. The first-order valence-electron chi connectivity index (χ1n) is 5.67. The molecule has 0 amide bonds. The summed E-state index contributed by atoms with van der Waals surface area (Å²) in [4.78, 5) is 15.1. The molecule has 0 N–H and O–H groups in total. The van der Waals surface area contributed by atoms with Crippen LogP contribution in [0.25, 0.3) is 10.9 Å². The van der Waals surface area contributed by atoms with E-state index in [1.54, 1.807) is 6.92 Å². The van der Waals surface area contributed by atoms with Gasteiger partial charge in [-0.05, 0) is 31.2 Å². The third-order valence-corrected chi connectivity index (χ3v) is 2.87. The van der Waals surface area contributed by atoms with E-state index in [2.05, 4.69) is 4.98 Å². The van der Waals surface area contributed by atoms with Crippen LogP contribution in [0.1, 0.15) is 23.0 Å². The lowest BCUT2D eigenvalue weighted by Gasteiger charge is -2.09. The van der Waals surface area contributed by atoms with Crippen molar-refractivity contribution in [3.8, 4) is 0 Å². The Morgan fingerprint density at radius 2 is 2.05 bits per heavy atom. The summed E-state index contributed by atoms with van der Waals surface area (Å²) >= 11 is 5.83. The molecule has 0 aliphatic heterocycles. The van der Waals surface area contributed by atoms with E-state index in [0.717, 1.165) is 6.07 Å². The predicted molar refractivity (Wildman–Crippen MR) is 67.7 cm³/mol. The van der Waals surface area contributed by atoms with Gasteiger partial charge in [0.05, 0.1) is 22.7 Å². The number of hydrogen-bond acceptors (Lipinski definition) is 3. The summed E-state index contributed by atoms with van der Waals surface area (Å²) in [7, 11) is 0. The van der Waals surface area contributed by atoms with Gasteiger partial charge in [0.1, 0.15) is 5.69 Å². The molecule has 1 heterocycles. The summed E-state index contributed by atoms with van der Waals surface area (Å²) < 4.78 is 42.6. The number of ether oxygens (including phenoxy) is 1. The van der Waals surface area contributed by atoms with Gasteiger partial charge in [0.15, 0.2) is 0 Å². The van der Waals surface area contributed by atoms with E-state index in [1.807, 2.05) is 0 Å². The van der Waals surface area contributed by atoms with Gasteiger partial charge in [-0.2, -0.15) is 13.2 Å². The number of carbonyl (C=O) groups excluding carboxylic acids is 1. The van der Waals surface area contributed by atoms with Gasteiger partial charge in [-0.3, -0.25) is 0 Å². The Kier molecular flexibility index (Phi) is 3.85. The van der Waals surface area contributed by atoms with E-state index in [4.69, 9.17) is 16.3 Å². The number of aromatic nitrogens is 1. The molecular formula is C13H9ClF3NO2. The topological polar surface area (TPSA) is 39.2 Å². The predicted octanol–water partition coefficient (Wildman–Crippen LogP) is 4.08. The zero-order valence-electron chi connectivity index (χ0n) is 10.3. The maximum Gasteiger partial charge on any atom is 0.433 e. The van der Waals surface area contributed by atoms with E-state index in [0.29, 0.717) is 0 Å². The molecule has 1 aromatic heterocycles. The monoisotopic (exact) mass is 303 g/mol. The van der Waals surface area contributed by atoms with Gasteiger partial charge in [0.2, 0.25) is 0 Å². The average molecular weight is 304 g/mol. The average Bonchev–Trinajstić information content (AvgIpc) is 2.37. The number of esters is 1. The molecule has 0 fully saturated rings. The van der Waals surface area contributed by atoms with Crippen LogP contribution in [0.2, 0.25) is 5.02 Å². The third-order valence-electron chi connectivity index (χ3n) is 2.56. The van der Waals surface area contributed by atoms with Crippen LogP contribution in [0.5, 0.6) is 0 Å². The van der Waals surface area contributed by atoms with E-state index in [9.17, 15) is 18.0 Å². The molecule has 0 aliphatic carbocycles. The Balaban J connectivity index is 2.55. The number of pyridine rings is 1. The molecule has 0 saturated heterocycles. The zero-order chi connectivity index (χ0) is 14.9. The molecule has 7 heteroatoms. The number of benzene rings is 1. The molecule has 2 aromatic rings. The van der Waals surface area contributed by atoms with Crippen molar-refractivity contribution in [3.05, 3.63) is 40.5 Å². The first kappa shape index (κ1) is 14.6. The van der Waals surface area contributed by atoms with Crippen LogP contribution in [0.3, 0.4) is 0 Å². The smallest absolute Gasteiger partial charge is 0.433 e. The number of carbonyl (C=O) groups is 1. The second-order valence-corrected chi connectivity index (χ2v) is 4.35. The van der Waals surface area contributed by atoms with Crippen LogP contribution in [0.4, 0.5) is 13.2 Å². The summed E-state index contributed by atoms with van der Waals surface area (Å²) in [5, 5.41) is 0.152. The minimum absolute atomic E-state index is 0.0675. The van der Waals surface area contributed by atoms with Crippen molar-refractivity contribution in [2.24, 2.45) is 0 Å². The first-order valence-corrected chi connectivity index (χ1v) is 6.05. The minimum atomic E-state index is -4.57. The van der Waals surface area contributed by atoms with Crippen LogP contribution in [0.15, 0.2) is 24.3 Å². The quantitative estimate of drug-likeness (QED) is 0.785. The molecule has 0 unspecified atom stereocenters. The summed E-state index contributed by atoms with van der Waals surface area (Å²) in [5.74, 6) is -0.564. The highest BCUT2D eigenvalue weighted by Gasteiger charge is 2.33. The minimum Gasteiger partial charge on any atom is -0.462 e. The van der Waals surface area contributed by atoms with Crippen molar-refractivity contribution in [3.63, 3.8) is 0 Å². The van der Waals surface area contributed by atoms with Crippen molar-refractivity contribution in [2.45, 2.75) is 13.1 Å². The Labute approximate surface area is 117 Å². The lowest BCUT2D eigenvalue weighted by Crippen LogP contribution is -2.08. The Bertz CT molecular complexity index is 670. The van der Waals surface area contributed by atoms with Crippen LogP contribution in [0, 0.1) is 0 Å². The van der Waals surface area contributed by atoms with Gasteiger partial charge in [0.25, 0.3) is 0 Å². The largest absolute Gasteiger partial charge is 0.462 e. The van der Waals surface area contributed by atoms with Gasteiger partial charge >= 0.3 is 12.1 Å². The lowest BCUT2D eigenvalue weighted by molar-refractivity contribution is -0.140. The summed E-state index contributed by atoms with van der Waals surface area (Å²) in [6.07, 6.45) is -4.57. The Morgan fingerprint density at radius 1 is 1.35 bits per heavy atom. The SMILES string of the molecule is CCOC(=O)c1ccc2nc(C(F)(F)F)cc(Cl)c2c1. The molecule has 0 atom stereocenters. The Hall–Kier alpha value is -1.82.